The van der Waals surface area contributed by atoms with Crippen molar-refractivity contribution in [2.45, 2.75) is 18.9 Å². The number of rotatable bonds is 3. The number of nitrogens with one attached hydrogen (secondary N) is 1. The first kappa shape index (κ1) is 11.7. The molecule has 0 unspecified atom stereocenters. The van der Waals surface area contributed by atoms with Crippen molar-refractivity contribution in [1.82, 2.24) is 4.98 Å². The third-order valence-electron chi connectivity index (χ3n) is 2.45. The largest absolute Gasteiger partial charge is 0.464 e. The molecule has 1 N–H and O–H groups in total. The fourth-order valence-electron chi connectivity index (χ4n) is 1.55. The van der Waals surface area contributed by atoms with Gasteiger partial charge in [-0.25, -0.2) is 9.78 Å². The smallest absolute Gasteiger partial charge is 0.357 e. The first-order valence-electron chi connectivity index (χ1n) is 5.17. The van der Waals surface area contributed by atoms with E-state index in [1.165, 1.54) is 30.0 Å². The fourth-order valence-corrected chi connectivity index (χ4v) is 3.42. The molecular weight excluding hydrogens is 244 g/mol. The predicted octanol–water partition coefficient (Wildman–Crippen LogP) is 2.24. The van der Waals surface area contributed by atoms with Gasteiger partial charge in [0.25, 0.3) is 0 Å². The number of methoxy groups -OCH3 is 1. The third-order valence-corrected chi connectivity index (χ3v) is 4.27. The lowest BCUT2D eigenvalue weighted by Crippen LogP contribution is -2.24. The molecule has 1 aliphatic rings. The molecule has 88 valence electrons. The van der Waals surface area contributed by atoms with Gasteiger partial charge in [0.2, 0.25) is 0 Å². The SMILES string of the molecule is COC(=O)c1csc(NC2CCSCC2)n1. The Bertz CT molecular complexity index is 361. The van der Waals surface area contributed by atoms with Gasteiger partial charge < -0.3 is 10.1 Å². The number of carbonyl (C=O) groups is 1. The van der Waals surface area contributed by atoms with Crippen LogP contribution in [0, 0.1) is 0 Å². The van der Waals surface area contributed by atoms with Crippen LogP contribution < -0.4 is 5.32 Å². The van der Waals surface area contributed by atoms with Gasteiger partial charge in [0.15, 0.2) is 10.8 Å². The van der Waals surface area contributed by atoms with Gasteiger partial charge in [-0.05, 0) is 24.3 Å². The Balaban J connectivity index is 1.94. The second-order valence-electron chi connectivity index (χ2n) is 3.56. The zero-order chi connectivity index (χ0) is 11.4. The molecule has 0 radical (unpaired) electrons. The molecule has 0 aromatic carbocycles. The lowest BCUT2D eigenvalue weighted by Gasteiger charge is -2.21. The first-order chi connectivity index (χ1) is 7.79. The molecule has 2 heterocycles. The minimum Gasteiger partial charge on any atom is -0.464 e. The van der Waals surface area contributed by atoms with E-state index in [0.717, 1.165) is 18.0 Å². The highest BCUT2D eigenvalue weighted by Crippen LogP contribution is 2.23. The third kappa shape index (κ3) is 2.89. The van der Waals surface area contributed by atoms with Crippen LogP contribution in [-0.2, 0) is 4.74 Å². The molecule has 6 heteroatoms. The van der Waals surface area contributed by atoms with Crippen LogP contribution in [0.4, 0.5) is 5.13 Å². The van der Waals surface area contributed by atoms with E-state index in [9.17, 15) is 4.79 Å². The number of thiazole rings is 1. The highest BCUT2D eigenvalue weighted by atomic mass is 32.2. The molecule has 1 saturated heterocycles. The summed E-state index contributed by atoms with van der Waals surface area (Å²) in [6.07, 6.45) is 2.33. The summed E-state index contributed by atoms with van der Waals surface area (Å²) in [7, 11) is 1.37. The Kier molecular flexibility index (Phi) is 4.06. The average Bonchev–Trinajstić information content (AvgIpc) is 2.78. The highest BCUT2D eigenvalue weighted by molar-refractivity contribution is 7.99. The van der Waals surface area contributed by atoms with Crippen LogP contribution in [0.3, 0.4) is 0 Å². The van der Waals surface area contributed by atoms with Gasteiger partial charge in [-0.15, -0.1) is 11.3 Å². The van der Waals surface area contributed by atoms with Crippen LogP contribution in [0.15, 0.2) is 5.38 Å². The normalized spacial score (nSPS) is 17.1. The van der Waals surface area contributed by atoms with Crippen molar-refractivity contribution >= 4 is 34.2 Å². The number of anilines is 1. The molecule has 1 fully saturated rings. The number of nitrogens with zero attached hydrogens (tertiary/aromatic N) is 1. The van der Waals surface area contributed by atoms with E-state index in [0.29, 0.717) is 11.7 Å². The summed E-state index contributed by atoms with van der Waals surface area (Å²) >= 11 is 3.45. The van der Waals surface area contributed by atoms with Gasteiger partial charge in [0, 0.05) is 11.4 Å². The van der Waals surface area contributed by atoms with Crippen LogP contribution in [0.25, 0.3) is 0 Å². The molecule has 1 aliphatic heterocycles. The molecule has 4 nitrogen and oxygen atoms in total. The number of ether oxygens (including phenoxy) is 1. The summed E-state index contributed by atoms with van der Waals surface area (Å²) in [6.45, 7) is 0. The fraction of sp³-hybridized carbons (Fsp3) is 0.600. The van der Waals surface area contributed by atoms with E-state index < -0.39 is 0 Å². The van der Waals surface area contributed by atoms with E-state index in [1.807, 2.05) is 11.8 Å². The number of esters is 1. The molecule has 0 amide bonds. The summed E-state index contributed by atoms with van der Waals surface area (Å²) in [5.74, 6) is 2.03. The number of thioether (sulfide) groups is 1. The van der Waals surface area contributed by atoms with Gasteiger partial charge in [0.1, 0.15) is 0 Å². The van der Waals surface area contributed by atoms with Gasteiger partial charge in [-0.3, -0.25) is 0 Å². The standard InChI is InChI=1S/C10H14N2O2S2/c1-14-9(13)8-6-16-10(12-8)11-7-2-4-15-5-3-7/h6-7H,2-5H2,1H3,(H,11,12). The summed E-state index contributed by atoms with van der Waals surface area (Å²) in [5.41, 5.74) is 0.389. The maximum absolute atomic E-state index is 11.2. The van der Waals surface area contributed by atoms with Crippen molar-refractivity contribution in [2.75, 3.05) is 23.9 Å². The van der Waals surface area contributed by atoms with Crippen LogP contribution in [0.5, 0.6) is 0 Å². The number of hydrogen-bond acceptors (Lipinski definition) is 6. The van der Waals surface area contributed by atoms with Crippen molar-refractivity contribution in [3.8, 4) is 0 Å². The Morgan fingerprint density at radius 1 is 1.56 bits per heavy atom. The van der Waals surface area contributed by atoms with E-state index in [1.54, 1.807) is 5.38 Å². The topological polar surface area (TPSA) is 51.2 Å². The van der Waals surface area contributed by atoms with Gasteiger partial charge >= 0.3 is 5.97 Å². The van der Waals surface area contributed by atoms with Crippen LogP contribution in [0.2, 0.25) is 0 Å². The second-order valence-corrected chi connectivity index (χ2v) is 5.64. The second kappa shape index (κ2) is 5.54. The minimum absolute atomic E-state index is 0.372. The Morgan fingerprint density at radius 2 is 2.31 bits per heavy atom. The molecule has 0 aliphatic carbocycles. The minimum atomic E-state index is -0.372. The molecule has 2 rings (SSSR count). The van der Waals surface area contributed by atoms with Crippen LogP contribution >= 0.6 is 23.1 Å². The average molecular weight is 258 g/mol. The zero-order valence-corrected chi connectivity index (χ0v) is 10.7. The van der Waals surface area contributed by atoms with E-state index >= 15 is 0 Å². The quantitative estimate of drug-likeness (QED) is 0.843. The van der Waals surface area contributed by atoms with Crippen molar-refractivity contribution < 1.29 is 9.53 Å². The van der Waals surface area contributed by atoms with Gasteiger partial charge in [-0.2, -0.15) is 11.8 Å². The van der Waals surface area contributed by atoms with E-state index in [-0.39, 0.29) is 5.97 Å². The molecule has 0 spiro atoms. The van der Waals surface area contributed by atoms with Crippen molar-refractivity contribution in [3.05, 3.63) is 11.1 Å². The monoisotopic (exact) mass is 258 g/mol. The molecule has 1 aromatic rings. The highest BCUT2D eigenvalue weighted by Gasteiger charge is 2.16. The predicted molar refractivity (Wildman–Crippen MR) is 67.4 cm³/mol. The zero-order valence-electron chi connectivity index (χ0n) is 9.06. The lowest BCUT2D eigenvalue weighted by atomic mass is 10.2. The summed E-state index contributed by atoms with van der Waals surface area (Å²) < 4.78 is 4.61. The summed E-state index contributed by atoms with van der Waals surface area (Å²) in [4.78, 5) is 15.4. The van der Waals surface area contributed by atoms with Gasteiger partial charge in [0.05, 0.1) is 7.11 Å². The summed E-state index contributed by atoms with van der Waals surface area (Å²) in [5, 5.41) is 5.91. The Labute approximate surface area is 103 Å². The molecule has 0 atom stereocenters. The van der Waals surface area contributed by atoms with Crippen LogP contribution in [-0.4, -0.2) is 35.6 Å². The van der Waals surface area contributed by atoms with Crippen molar-refractivity contribution in [1.29, 1.82) is 0 Å². The van der Waals surface area contributed by atoms with Crippen LogP contribution in [0.1, 0.15) is 23.3 Å². The molecule has 1 aromatic heterocycles. The number of aromatic nitrogens is 1. The van der Waals surface area contributed by atoms with Crippen molar-refractivity contribution in [2.24, 2.45) is 0 Å². The molecular formula is C10H14N2O2S2. The lowest BCUT2D eigenvalue weighted by molar-refractivity contribution is 0.0595. The Morgan fingerprint density at radius 3 is 3.00 bits per heavy atom. The molecule has 0 saturated carbocycles. The maximum Gasteiger partial charge on any atom is 0.357 e. The maximum atomic E-state index is 11.2. The molecule has 16 heavy (non-hydrogen) atoms. The summed E-state index contributed by atoms with van der Waals surface area (Å²) in [6, 6.07) is 0.498. The first-order valence-corrected chi connectivity index (χ1v) is 7.21. The molecule has 0 bridgehead atoms. The Hall–Kier alpha value is -0.750. The van der Waals surface area contributed by atoms with E-state index in [4.69, 9.17) is 0 Å². The van der Waals surface area contributed by atoms with E-state index in [2.05, 4.69) is 15.0 Å². The van der Waals surface area contributed by atoms with Crippen molar-refractivity contribution in [3.63, 3.8) is 0 Å². The number of carbonyl (C=O) groups excluding carboxylic acids is 1. The van der Waals surface area contributed by atoms with Gasteiger partial charge in [-0.1, -0.05) is 0 Å². The number of hydrogen-bond donors (Lipinski definition) is 1.